The van der Waals surface area contributed by atoms with Crippen molar-refractivity contribution in [3.05, 3.63) is 11.8 Å². The number of hydrogen-bond donors (Lipinski definition) is 3. The molecule has 0 aromatic rings. The zero-order valence-electron chi connectivity index (χ0n) is 8.22. The Labute approximate surface area is 82.2 Å². The van der Waals surface area contributed by atoms with Gasteiger partial charge >= 0.3 is 7.82 Å². The number of phosphoric ester groups is 1. The molecule has 0 saturated heterocycles. The number of nitrogens with one attached hydrogen (secondary N) is 1. The van der Waals surface area contributed by atoms with Crippen LogP contribution in [0.3, 0.4) is 0 Å². The van der Waals surface area contributed by atoms with Crippen LogP contribution in [0.5, 0.6) is 0 Å². The smallest absolute Gasteiger partial charge is 0.409 e. The molecule has 0 fully saturated rings. The molecule has 0 rings (SSSR count). The predicted octanol–water partition coefficient (Wildman–Crippen LogP) is 0.524. The van der Waals surface area contributed by atoms with Crippen molar-refractivity contribution < 1.29 is 23.7 Å². The fourth-order valence-electron chi connectivity index (χ4n) is 0.725. The first-order chi connectivity index (χ1) is 6.20. The molecule has 0 aromatic carbocycles. The highest BCUT2D eigenvalue weighted by Gasteiger charge is 2.15. The summed E-state index contributed by atoms with van der Waals surface area (Å²) < 4.78 is 14.5. The van der Waals surface area contributed by atoms with Gasteiger partial charge in [-0.2, -0.15) is 0 Å². The molecular formula is C7H14NO5P. The Hall–Kier alpha value is -0.840. The number of hydrogen-bond acceptors (Lipinski definition) is 3. The molecule has 0 atom stereocenters. The van der Waals surface area contributed by atoms with Gasteiger partial charge in [0, 0.05) is 12.1 Å². The summed E-state index contributed by atoms with van der Waals surface area (Å²) in [4.78, 5) is 27.8. The first kappa shape index (κ1) is 13.2. The van der Waals surface area contributed by atoms with E-state index in [1.165, 1.54) is 6.92 Å². The van der Waals surface area contributed by atoms with Crippen LogP contribution in [-0.2, 0) is 13.9 Å². The molecule has 0 spiro atoms. The monoisotopic (exact) mass is 223 g/mol. The summed E-state index contributed by atoms with van der Waals surface area (Å²) in [5.41, 5.74) is 0. The molecule has 0 saturated carbocycles. The van der Waals surface area contributed by atoms with E-state index in [1.807, 2.05) is 0 Å². The van der Waals surface area contributed by atoms with Gasteiger partial charge in [0.25, 0.3) is 0 Å². The standard InChI is InChI=1S/C7H14NO5P/c1-5(2)8-7(9)4-6(3)13-14(10,11)12/h4-5H,1-3H3,(H,8,9)(H2,10,11,12)/b6-4+. The van der Waals surface area contributed by atoms with Crippen LogP contribution in [0.2, 0.25) is 0 Å². The second kappa shape index (κ2) is 5.14. The average Bonchev–Trinajstić information content (AvgIpc) is 1.77. The van der Waals surface area contributed by atoms with Crippen LogP contribution in [0.25, 0.3) is 0 Å². The third-order valence-electron chi connectivity index (χ3n) is 1.03. The van der Waals surface area contributed by atoms with E-state index in [9.17, 15) is 9.36 Å². The van der Waals surface area contributed by atoms with E-state index in [0.717, 1.165) is 6.08 Å². The van der Waals surface area contributed by atoms with E-state index < -0.39 is 13.7 Å². The highest BCUT2D eigenvalue weighted by molar-refractivity contribution is 7.46. The predicted molar refractivity (Wildman–Crippen MR) is 50.2 cm³/mol. The Morgan fingerprint density at radius 1 is 1.50 bits per heavy atom. The number of phosphoric acid groups is 1. The van der Waals surface area contributed by atoms with E-state index in [-0.39, 0.29) is 11.8 Å². The SMILES string of the molecule is C/C(=C\C(=O)NC(C)C)OP(=O)(O)O. The van der Waals surface area contributed by atoms with Gasteiger partial charge in [0.2, 0.25) is 5.91 Å². The first-order valence-electron chi connectivity index (χ1n) is 3.94. The molecule has 0 bridgehead atoms. The molecule has 6 nitrogen and oxygen atoms in total. The minimum Gasteiger partial charge on any atom is -0.409 e. The maximum atomic E-state index is 11.0. The minimum absolute atomic E-state index is 0.0402. The van der Waals surface area contributed by atoms with E-state index in [1.54, 1.807) is 13.8 Å². The summed E-state index contributed by atoms with van der Waals surface area (Å²) in [6.07, 6.45) is 0.985. The van der Waals surface area contributed by atoms with Gasteiger partial charge in [-0.3, -0.25) is 14.6 Å². The summed E-state index contributed by atoms with van der Waals surface area (Å²) >= 11 is 0. The summed E-state index contributed by atoms with van der Waals surface area (Å²) in [7, 11) is -4.56. The molecule has 0 unspecified atom stereocenters. The van der Waals surface area contributed by atoms with Crippen LogP contribution >= 0.6 is 7.82 Å². The number of carbonyl (C=O) groups is 1. The van der Waals surface area contributed by atoms with Gasteiger partial charge in [-0.1, -0.05) is 0 Å². The van der Waals surface area contributed by atoms with E-state index in [2.05, 4.69) is 9.84 Å². The van der Waals surface area contributed by atoms with Crippen LogP contribution in [-0.4, -0.2) is 21.7 Å². The normalized spacial score (nSPS) is 12.9. The molecule has 0 heterocycles. The zero-order valence-corrected chi connectivity index (χ0v) is 9.12. The Morgan fingerprint density at radius 2 is 2.00 bits per heavy atom. The number of carbonyl (C=O) groups excluding carboxylic acids is 1. The Bertz CT molecular complexity index is 280. The highest BCUT2D eigenvalue weighted by Crippen LogP contribution is 2.38. The number of rotatable bonds is 4. The van der Waals surface area contributed by atoms with Crippen molar-refractivity contribution in [1.29, 1.82) is 0 Å². The number of allylic oxidation sites excluding steroid dienone is 1. The molecule has 3 N–H and O–H groups in total. The van der Waals surface area contributed by atoms with Gasteiger partial charge in [-0.25, -0.2) is 4.57 Å². The highest BCUT2D eigenvalue weighted by atomic mass is 31.2. The molecular weight excluding hydrogens is 209 g/mol. The molecule has 14 heavy (non-hydrogen) atoms. The molecule has 0 aliphatic carbocycles. The van der Waals surface area contributed by atoms with Crippen LogP contribution in [0, 0.1) is 0 Å². The van der Waals surface area contributed by atoms with Crippen LogP contribution in [0.15, 0.2) is 11.8 Å². The second-order valence-corrected chi connectivity index (χ2v) is 4.16. The second-order valence-electron chi connectivity index (χ2n) is 3.00. The minimum atomic E-state index is -4.56. The van der Waals surface area contributed by atoms with Crippen LogP contribution in [0.4, 0.5) is 0 Å². The largest absolute Gasteiger partial charge is 0.524 e. The zero-order chi connectivity index (χ0) is 11.4. The molecule has 0 aliphatic heterocycles. The van der Waals surface area contributed by atoms with Crippen molar-refractivity contribution in [2.24, 2.45) is 0 Å². The van der Waals surface area contributed by atoms with Crippen molar-refractivity contribution in [3.8, 4) is 0 Å². The lowest BCUT2D eigenvalue weighted by Gasteiger charge is -2.08. The molecule has 0 aromatic heterocycles. The third-order valence-corrected chi connectivity index (χ3v) is 1.55. The number of amides is 1. The van der Waals surface area contributed by atoms with Gasteiger partial charge < -0.3 is 9.84 Å². The first-order valence-corrected chi connectivity index (χ1v) is 5.47. The Kier molecular flexibility index (Phi) is 4.83. The van der Waals surface area contributed by atoms with Crippen molar-refractivity contribution in [2.75, 3.05) is 0 Å². The van der Waals surface area contributed by atoms with Crippen molar-refractivity contribution in [2.45, 2.75) is 26.8 Å². The van der Waals surface area contributed by atoms with E-state index >= 15 is 0 Å². The lowest BCUT2D eigenvalue weighted by molar-refractivity contribution is -0.117. The quantitative estimate of drug-likeness (QED) is 0.367. The van der Waals surface area contributed by atoms with Gasteiger partial charge in [-0.15, -0.1) is 0 Å². The van der Waals surface area contributed by atoms with Crippen molar-refractivity contribution in [1.82, 2.24) is 5.32 Å². The lowest BCUT2D eigenvalue weighted by atomic mass is 10.3. The molecule has 0 aliphatic rings. The lowest BCUT2D eigenvalue weighted by Crippen LogP contribution is -2.28. The fourth-order valence-corrected chi connectivity index (χ4v) is 1.15. The van der Waals surface area contributed by atoms with Gasteiger partial charge in [-0.05, 0) is 20.8 Å². The van der Waals surface area contributed by atoms with Crippen LogP contribution in [0.1, 0.15) is 20.8 Å². The summed E-state index contributed by atoms with van der Waals surface area (Å²) in [5.74, 6) is -0.581. The maximum Gasteiger partial charge on any atom is 0.524 e. The summed E-state index contributed by atoms with van der Waals surface area (Å²) in [6.45, 7) is 4.83. The molecule has 1 amide bonds. The average molecular weight is 223 g/mol. The summed E-state index contributed by atoms with van der Waals surface area (Å²) in [6, 6.07) is -0.0402. The fraction of sp³-hybridized carbons (Fsp3) is 0.571. The van der Waals surface area contributed by atoms with E-state index in [4.69, 9.17) is 9.79 Å². The topological polar surface area (TPSA) is 95.9 Å². The van der Waals surface area contributed by atoms with Crippen LogP contribution < -0.4 is 5.32 Å². The van der Waals surface area contributed by atoms with Gasteiger partial charge in [0.15, 0.2) is 0 Å². The van der Waals surface area contributed by atoms with Gasteiger partial charge in [0.1, 0.15) is 5.76 Å². The van der Waals surface area contributed by atoms with E-state index in [0.29, 0.717) is 0 Å². The van der Waals surface area contributed by atoms with Crippen molar-refractivity contribution >= 4 is 13.7 Å². The summed E-state index contributed by atoms with van der Waals surface area (Å²) in [5, 5.41) is 2.51. The Morgan fingerprint density at radius 3 is 2.36 bits per heavy atom. The molecule has 0 radical (unpaired) electrons. The maximum absolute atomic E-state index is 11.0. The van der Waals surface area contributed by atoms with Gasteiger partial charge in [0.05, 0.1) is 0 Å². The third kappa shape index (κ3) is 7.79. The molecule has 82 valence electrons. The van der Waals surface area contributed by atoms with Crippen molar-refractivity contribution in [3.63, 3.8) is 0 Å². The Balaban J connectivity index is 4.24. The molecule has 7 heteroatoms.